The Labute approximate surface area is 85.8 Å². The monoisotopic (exact) mass is 215 g/mol. The summed E-state index contributed by atoms with van der Waals surface area (Å²) >= 11 is 0. The van der Waals surface area contributed by atoms with E-state index in [4.69, 9.17) is 10.8 Å². The Morgan fingerprint density at radius 2 is 2.27 bits per heavy atom. The van der Waals surface area contributed by atoms with E-state index < -0.39 is 12.0 Å². The fourth-order valence-corrected chi connectivity index (χ4v) is 0.954. The summed E-state index contributed by atoms with van der Waals surface area (Å²) in [5, 5.41) is 8.53. The Morgan fingerprint density at radius 3 is 2.67 bits per heavy atom. The van der Waals surface area contributed by atoms with Gasteiger partial charge in [0.25, 0.3) is 0 Å². The highest BCUT2D eigenvalue weighted by molar-refractivity contribution is 5.76. The van der Waals surface area contributed by atoms with E-state index in [0.29, 0.717) is 5.69 Å². The summed E-state index contributed by atoms with van der Waals surface area (Å²) in [6.45, 7) is 1.39. The zero-order valence-corrected chi connectivity index (χ0v) is 8.17. The van der Waals surface area contributed by atoms with Crippen molar-refractivity contribution in [3.05, 3.63) is 18.2 Å². The second kappa shape index (κ2) is 5.23. The molecule has 1 aromatic heterocycles. The van der Waals surface area contributed by atoms with Gasteiger partial charge < -0.3 is 16.3 Å². The molecule has 0 radical (unpaired) electrons. The molecule has 1 aromatic rings. The van der Waals surface area contributed by atoms with Gasteiger partial charge in [0.2, 0.25) is 5.91 Å². The van der Waals surface area contributed by atoms with Gasteiger partial charge in [-0.25, -0.2) is 4.98 Å². The third kappa shape index (κ3) is 3.49. The molecule has 15 heavy (non-hydrogen) atoms. The molecule has 5 N–H and O–H groups in total. The highest BCUT2D eigenvalue weighted by Gasteiger charge is 2.13. The number of nitrogens with two attached hydrogens (primary N) is 1. The van der Waals surface area contributed by atoms with E-state index in [1.807, 2.05) is 0 Å². The van der Waals surface area contributed by atoms with Crippen molar-refractivity contribution in [2.45, 2.75) is 19.4 Å². The highest BCUT2D eigenvalue weighted by atomic mass is 16.4. The summed E-state index contributed by atoms with van der Waals surface area (Å²) in [4.78, 5) is 25.1. The van der Waals surface area contributed by atoms with Crippen LogP contribution in [-0.2, 0) is 11.2 Å². The van der Waals surface area contributed by atoms with Crippen molar-refractivity contribution in [1.29, 1.82) is 0 Å². The number of carbonyl (C=O) groups is 2. The molecule has 1 atom stereocenters. The summed E-state index contributed by atoms with van der Waals surface area (Å²) < 4.78 is 1.28. The minimum Gasteiger partial charge on any atom is -0.480 e. The molecule has 0 aromatic carbocycles. The molecule has 1 heterocycles. The summed E-state index contributed by atoms with van der Waals surface area (Å²) in [5.41, 5.74) is 5.80. The standard InChI is InChI=1S/C8H11N3O3.H2O/c1-5(12)11-3-6(10-4-11)2-7(9)8(13)14;/h3-4,7H,2,9H2,1H3,(H,13,14);1H2/t7-;/m0./s1. The fourth-order valence-electron chi connectivity index (χ4n) is 0.954. The normalized spacial score (nSPS) is 11.6. The lowest BCUT2D eigenvalue weighted by atomic mass is 10.2. The van der Waals surface area contributed by atoms with Crippen LogP contribution in [0.2, 0.25) is 0 Å². The predicted octanol–water partition coefficient (Wildman–Crippen LogP) is -1.33. The Balaban J connectivity index is 0.00000196. The maximum atomic E-state index is 10.9. The average molecular weight is 215 g/mol. The van der Waals surface area contributed by atoms with Crippen LogP contribution in [-0.4, -0.2) is 38.1 Å². The molecule has 7 heteroatoms. The van der Waals surface area contributed by atoms with Crippen molar-refractivity contribution in [2.75, 3.05) is 0 Å². The number of carboxylic acids is 1. The van der Waals surface area contributed by atoms with Crippen molar-refractivity contribution in [1.82, 2.24) is 9.55 Å². The molecule has 0 aliphatic carbocycles. The van der Waals surface area contributed by atoms with Crippen molar-refractivity contribution < 1.29 is 20.2 Å². The molecule has 1 rings (SSSR count). The van der Waals surface area contributed by atoms with E-state index in [1.165, 1.54) is 24.0 Å². The Kier molecular flexibility index (Phi) is 4.62. The van der Waals surface area contributed by atoms with Crippen molar-refractivity contribution >= 4 is 11.9 Å². The number of aliphatic carboxylic acids is 1. The van der Waals surface area contributed by atoms with Gasteiger partial charge in [0.1, 0.15) is 12.4 Å². The van der Waals surface area contributed by atoms with Crippen LogP contribution in [0.1, 0.15) is 17.4 Å². The third-order valence-electron chi connectivity index (χ3n) is 1.75. The maximum Gasteiger partial charge on any atom is 0.320 e. The average Bonchev–Trinajstić information content (AvgIpc) is 2.52. The van der Waals surface area contributed by atoms with Gasteiger partial charge in [-0.2, -0.15) is 0 Å². The minimum atomic E-state index is -1.08. The van der Waals surface area contributed by atoms with E-state index in [0.717, 1.165) is 0 Å². The van der Waals surface area contributed by atoms with E-state index in [2.05, 4.69) is 4.98 Å². The largest absolute Gasteiger partial charge is 0.480 e. The topological polar surface area (TPSA) is 130 Å². The quantitative estimate of drug-likeness (QED) is 0.645. The third-order valence-corrected chi connectivity index (χ3v) is 1.75. The molecule has 7 nitrogen and oxygen atoms in total. The highest BCUT2D eigenvalue weighted by Crippen LogP contribution is 1.99. The van der Waals surface area contributed by atoms with Crippen molar-refractivity contribution in [3.63, 3.8) is 0 Å². The Bertz CT molecular complexity index is 361. The summed E-state index contributed by atoms with van der Waals surface area (Å²) in [6.07, 6.45) is 2.94. The maximum absolute atomic E-state index is 10.9. The molecule has 0 fully saturated rings. The van der Waals surface area contributed by atoms with Crippen LogP contribution in [0.25, 0.3) is 0 Å². The molecular weight excluding hydrogens is 202 g/mol. The van der Waals surface area contributed by atoms with Crippen molar-refractivity contribution in [2.24, 2.45) is 5.73 Å². The van der Waals surface area contributed by atoms with Crippen LogP contribution < -0.4 is 5.73 Å². The number of carboxylic acid groups (broad SMARTS) is 1. The van der Waals surface area contributed by atoms with Gasteiger partial charge in [-0.1, -0.05) is 0 Å². The molecule has 0 saturated carbocycles. The van der Waals surface area contributed by atoms with Gasteiger partial charge in [0, 0.05) is 19.5 Å². The van der Waals surface area contributed by atoms with E-state index in [1.54, 1.807) is 0 Å². The predicted molar refractivity (Wildman–Crippen MR) is 51.5 cm³/mol. The lowest BCUT2D eigenvalue weighted by molar-refractivity contribution is -0.138. The lowest BCUT2D eigenvalue weighted by Crippen LogP contribution is -2.32. The Morgan fingerprint density at radius 1 is 1.67 bits per heavy atom. The smallest absolute Gasteiger partial charge is 0.320 e. The van der Waals surface area contributed by atoms with Gasteiger partial charge in [-0.3, -0.25) is 14.2 Å². The van der Waals surface area contributed by atoms with Gasteiger partial charge in [0.05, 0.1) is 5.69 Å². The van der Waals surface area contributed by atoms with E-state index in [-0.39, 0.29) is 17.8 Å². The SMILES string of the molecule is CC(=O)n1cnc(C[C@H](N)C(=O)O)c1.O. The summed E-state index contributed by atoms with van der Waals surface area (Å²) in [6, 6.07) is -0.981. The van der Waals surface area contributed by atoms with Crippen LogP contribution >= 0.6 is 0 Å². The molecular formula is C8H13N3O4. The van der Waals surface area contributed by atoms with Gasteiger partial charge in [0.15, 0.2) is 0 Å². The fraction of sp³-hybridized carbons (Fsp3) is 0.375. The number of rotatable bonds is 3. The zero-order valence-electron chi connectivity index (χ0n) is 8.17. The van der Waals surface area contributed by atoms with Crippen LogP contribution in [0.3, 0.4) is 0 Å². The zero-order chi connectivity index (χ0) is 10.7. The van der Waals surface area contributed by atoms with Crippen LogP contribution in [0, 0.1) is 0 Å². The second-order valence-electron chi connectivity index (χ2n) is 2.94. The Hall–Kier alpha value is -1.73. The molecule has 0 amide bonds. The van der Waals surface area contributed by atoms with Crippen LogP contribution in [0.5, 0.6) is 0 Å². The molecule has 0 saturated heterocycles. The first kappa shape index (κ1) is 13.3. The lowest BCUT2D eigenvalue weighted by Gasteiger charge is -2.01. The van der Waals surface area contributed by atoms with E-state index in [9.17, 15) is 9.59 Å². The number of hydrogen-bond acceptors (Lipinski definition) is 4. The number of hydrogen-bond donors (Lipinski definition) is 2. The van der Waals surface area contributed by atoms with Crippen LogP contribution in [0.4, 0.5) is 0 Å². The summed E-state index contributed by atoms with van der Waals surface area (Å²) in [5.74, 6) is -1.25. The first-order valence-corrected chi connectivity index (χ1v) is 4.03. The molecule has 0 spiro atoms. The molecule has 0 bridgehead atoms. The van der Waals surface area contributed by atoms with Gasteiger partial charge in [-0.15, -0.1) is 0 Å². The second-order valence-corrected chi connectivity index (χ2v) is 2.94. The first-order chi connectivity index (χ1) is 6.50. The van der Waals surface area contributed by atoms with Crippen LogP contribution in [0.15, 0.2) is 12.5 Å². The number of aromatic nitrogens is 2. The van der Waals surface area contributed by atoms with Gasteiger partial charge >= 0.3 is 5.97 Å². The molecule has 0 aliphatic heterocycles. The van der Waals surface area contributed by atoms with Gasteiger partial charge in [-0.05, 0) is 0 Å². The first-order valence-electron chi connectivity index (χ1n) is 4.03. The van der Waals surface area contributed by atoms with Crippen molar-refractivity contribution in [3.8, 4) is 0 Å². The minimum absolute atomic E-state index is 0. The molecule has 0 unspecified atom stereocenters. The molecule has 0 aliphatic rings. The van der Waals surface area contributed by atoms with E-state index >= 15 is 0 Å². The molecule has 84 valence electrons. The summed E-state index contributed by atoms with van der Waals surface area (Å²) in [7, 11) is 0. The number of nitrogens with zero attached hydrogens (tertiary/aromatic N) is 2. The number of imidazole rings is 1. The number of carbonyl (C=O) groups excluding carboxylic acids is 1.